The molecule has 2 aromatic rings. The summed E-state index contributed by atoms with van der Waals surface area (Å²) in [6.07, 6.45) is 4.41. The van der Waals surface area contributed by atoms with Crippen LogP contribution in [0.3, 0.4) is 0 Å². The zero-order valence-corrected chi connectivity index (χ0v) is 17.3. The molecule has 2 amide bonds. The smallest absolute Gasteiger partial charge is 0.290 e. The van der Waals surface area contributed by atoms with E-state index in [2.05, 4.69) is 25.5 Å². The molecule has 1 aromatic heterocycles. The first-order valence-corrected chi connectivity index (χ1v) is 10.4. The number of carbonyl (C=O) groups is 3. The van der Waals surface area contributed by atoms with E-state index in [1.165, 1.54) is 6.20 Å². The fourth-order valence-corrected chi connectivity index (χ4v) is 3.97. The number of benzene rings is 1. The summed E-state index contributed by atoms with van der Waals surface area (Å²) < 4.78 is 0. The van der Waals surface area contributed by atoms with Crippen LogP contribution in [-0.4, -0.2) is 51.5 Å². The minimum absolute atomic E-state index is 0.102. The van der Waals surface area contributed by atoms with Crippen LogP contribution in [0.25, 0.3) is 0 Å². The van der Waals surface area contributed by atoms with Crippen molar-refractivity contribution < 1.29 is 19.5 Å². The zero-order valence-electron chi connectivity index (χ0n) is 16.5. The van der Waals surface area contributed by atoms with Crippen molar-refractivity contribution in [2.24, 2.45) is 4.99 Å². The number of carboxylic acid groups (broad SMARTS) is 1. The number of hydrogen-bond donors (Lipinski definition) is 3. The summed E-state index contributed by atoms with van der Waals surface area (Å²) >= 11 is 1.57. The van der Waals surface area contributed by atoms with Gasteiger partial charge in [-0.3, -0.25) is 24.4 Å². The number of aliphatic imine (C=N–C) groups is 1. The van der Waals surface area contributed by atoms with Gasteiger partial charge >= 0.3 is 0 Å². The van der Waals surface area contributed by atoms with Crippen LogP contribution in [0.1, 0.15) is 23.2 Å². The Morgan fingerprint density at radius 2 is 1.97 bits per heavy atom. The van der Waals surface area contributed by atoms with Gasteiger partial charge in [-0.25, -0.2) is 0 Å². The molecular weight excluding hydrogens is 418 g/mol. The maximum Gasteiger partial charge on any atom is 0.290 e. The number of hydrogen-bond acceptors (Lipinski definition) is 7. The van der Waals surface area contributed by atoms with Gasteiger partial charge in [0.2, 0.25) is 5.91 Å². The first kappa shape index (κ1) is 22.0. The molecule has 31 heavy (non-hydrogen) atoms. The highest BCUT2D eigenvalue weighted by Gasteiger charge is 2.26. The topological polar surface area (TPSA) is 124 Å². The summed E-state index contributed by atoms with van der Waals surface area (Å²) in [6, 6.07) is 10.5. The van der Waals surface area contributed by atoms with Gasteiger partial charge in [-0.2, -0.15) is 0 Å². The Balaban J connectivity index is 0.000000858. The fraction of sp³-hybridized carbons (Fsp3) is 0.190. The highest BCUT2D eigenvalue weighted by atomic mass is 32.2. The van der Waals surface area contributed by atoms with Crippen LogP contribution in [0, 0.1) is 0 Å². The zero-order chi connectivity index (χ0) is 22.1. The second-order valence-electron chi connectivity index (χ2n) is 6.50. The predicted octanol–water partition coefficient (Wildman–Crippen LogP) is 3.01. The van der Waals surface area contributed by atoms with Crippen LogP contribution < -0.4 is 10.6 Å². The molecule has 0 saturated heterocycles. The Morgan fingerprint density at radius 3 is 2.71 bits per heavy atom. The number of amidine groups is 1. The average Bonchev–Trinajstić information content (AvgIpc) is 3.18. The van der Waals surface area contributed by atoms with Gasteiger partial charge < -0.3 is 20.6 Å². The number of amides is 2. The van der Waals surface area contributed by atoms with Crippen molar-refractivity contribution in [1.82, 2.24) is 9.88 Å². The standard InChI is InChI=1S/C20H19N5O2S.CH2O2/c26-18(11-17-13-28-20-22-8-3-9-25(17)20)23-15-5-1-6-16(10-15)24-19(27)14-4-2-7-21-12-14;2-1-3/h1-2,4-7,10,12-13H,3,8-9,11H2,(H,23,26)(H,24,27);1H,(H,2,3). The van der Waals surface area contributed by atoms with Crippen LogP contribution in [0.15, 0.2) is 64.9 Å². The third-order valence-corrected chi connectivity index (χ3v) is 5.28. The number of nitrogens with zero attached hydrogens (tertiary/aromatic N) is 3. The number of aromatic nitrogens is 1. The molecule has 2 aliphatic heterocycles. The maximum atomic E-state index is 12.5. The molecule has 0 aliphatic carbocycles. The van der Waals surface area contributed by atoms with Gasteiger partial charge in [-0.1, -0.05) is 17.8 Å². The second kappa shape index (κ2) is 10.9. The summed E-state index contributed by atoms with van der Waals surface area (Å²) in [6.45, 7) is 1.50. The fourth-order valence-electron chi connectivity index (χ4n) is 3.02. The normalized spacial score (nSPS) is 14.3. The lowest BCUT2D eigenvalue weighted by atomic mass is 10.2. The van der Waals surface area contributed by atoms with Crippen LogP contribution in [-0.2, 0) is 9.59 Å². The number of fused-ring (bicyclic) bond motifs is 1. The number of thioether (sulfide) groups is 1. The van der Waals surface area contributed by atoms with Crippen molar-refractivity contribution in [1.29, 1.82) is 0 Å². The number of carbonyl (C=O) groups excluding carboxylic acids is 2. The van der Waals surface area contributed by atoms with Crippen molar-refractivity contribution in [2.45, 2.75) is 12.8 Å². The van der Waals surface area contributed by atoms with Gasteiger partial charge in [0.1, 0.15) is 0 Å². The van der Waals surface area contributed by atoms with Gasteiger partial charge in [0, 0.05) is 42.6 Å². The van der Waals surface area contributed by atoms with Gasteiger partial charge in [0.25, 0.3) is 12.4 Å². The first-order valence-electron chi connectivity index (χ1n) is 9.47. The van der Waals surface area contributed by atoms with Crippen molar-refractivity contribution in [3.8, 4) is 0 Å². The third kappa shape index (κ3) is 6.16. The Hall–Kier alpha value is -3.66. The molecule has 1 aromatic carbocycles. The van der Waals surface area contributed by atoms with Gasteiger partial charge in [-0.05, 0) is 42.2 Å². The Bertz CT molecular complexity index is 1010. The quantitative estimate of drug-likeness (QED) is 0.612. The SMILES string of the molecule is O=C(CC1=CSC2=NCCCN12)Nc1cccc(NC(=O)c2cccnc2)c1.O=CO. The molecule has 0 atom stereocenters. The van der Waals surface area contributed by atoms with E-state index in [-0.39, 0.29) is 24.7 Å². The van der Waals surface area contributed by atoms with Crippen molar-refractivity contribution in [3.63, 3.8) is 0 Å². The molecule has 0 unspecified atom stereocenters. The molecule has 160 valence electrons. The predicted molar refractivity (Wildman–Crippen MR) is 120 cm³/mol. The molecule has 3 heterocycles. The average molecular weight is 439 g/mol. The monoisotopic (exact) mass is 439 g/mol. The lowest BCUT2D eigenvalue weighted by molar-refractivity contribution is -0.123. The number of nitrogens with one attached hydrogen (secondary N) is 2. The maximum absolute atomic E-state index is 12.5. The Labute approximate surface area is 183 Å². The number of pyridine rings is 1. The highest BCUT2D eigenvalue weighted by Crippen LogP contribution is 2.30. The van der Waals surface area contributed by atoms with E-state index in [1.54, 1.807) is 54.4 Å². The molecule has 0 fully saturated rings. The van der Waals surface area contributed by atoms with Crippen LogP contribution >= 0.6 is 11.8 Å². The third-order valence-electron chi connectivity index (χ3n) is 4.33. The van der Waals surface area contributed by atoms with E-state index in [0.29, 0.717) is 16.9 Å². The molecule has 10 heteroatoms. The van der Waals surface area contributed by atoms with E-state index < -0.39 is 0 Å². The summed E-state index contributed by atoms with van der Waals surface area (Å²) in [4.78, 5) is 43.6. The van der Waals surface area contributed by atoms with Crippen LogP contribution in [0.5, 0.6) is 0 Å². The Morgan fingerprint density at radius 1 is 1.19 bits per heavy atom. The van der Waals surface area contributed by atoms with E-state index in [4.69, 9.17) is 9.90 Å². The van der Waals surface area contributed by atoms with Crippen LogP contribution in [0.4, 0.5) is 11.4 Å². The van der Waals surface area contributed by atoms with E-state index >= 15 is 0 Å². The number of anilines is 2. The molecule has 9 nitrogen and oxygen atoms in total. The van der Waals surface area contributed by atoms with E-state index in [0.717, 1.165) is 30.4 Å². The van der Waals surface area contributed by atoms with Gasteiger partial charge in [0.05, 0.1) is 12.0 Å². The molecule has 4 rings (SSSR count). The number of rotatable bonds is 5. The minimum Gasteiger partial charge on any atom is -0.483 e. The first-order chi connectivity index (χ1) is 15.1. The molecule has 0 spiro atoms. The molecular formula is C21H21N5O4S. The second-order valence-corrected chi connectivity index (χ2v) is 7.34. The highest BCUT2D eigenvalue weighted by molar-refractivity contribution is 8.16. The minimum atomic E-state index is -0.250. The summed E-state index contributed by atoms with van der Waals surface area (Å²) in [7, 11) is 0. The Kier molecular flexibility index (Phi) is 7.77. The van der Waals surface area contributed by atoms with E-state index in [9.17, 15) is 9.59 Å². The summed E-state index contributed by atoms with van der Waals surface area (Å²) in [5.41, 5.74) is 2.68. The van der Waals surface area contributed by atoms with Crippen molar-refractivity contribution in [3.05, 3.63) is 65.5 Å². The van der Waals surface area contributed by atoms with E-state index in [1.807, 2.05) is 5.41 Å². The lowest BCUT2D eigenvalue weighted by Gasteiger charge is -2.25. The van der Waals surface area contributed by atoms with Crippen LogP contribution in [0.2, 0.25) is 0 Å². The largest absolute Gasteiger partial charge is 0.483 e. The van der Waals surface area contributed by atoms with Crippen molar-refractivity contribution in [2.75, 3.05) is 23.7 Å². The van der Waals surface area contributed by atoms with Crippen molar-refractivity contribution >= 4 is 46.6 Å². The van der Waals surface area contributed by atoms with Gasteiger partial charge in [-0.15, -0.1) is 0 Å². The molecule has 0 saturated carbocycles. The van der Waals surface area contributed by atoms with Gasteiger partial charge in [0.15, 0.2) is 5.17 Å². The molecule has 3 N–H and O–H groups in total. The summed E-state index contributed by atoms with van der Waals surface area (Å²) in [5.74, 6) is -0.351. The molecule has 0 bridgehead atoms. The summed E-state index contributed by atoms with van der Waals surface area (Å²) in [5, 5.41) is 15.6. The molecule has 2 aliphatic rings. The lowest BCUT2D eigenvalue weighted by Crippen LogP contribution is -2.31. The molecule has 0 radical (unpaired) electrons.